The first kappa shape index (κ1) is 22.2. The number of imide groups is 1. The van der Waals surface area contributed by atoms with Gasteiger partial charge in [-0.05, 0) is 23.6 Å². The van der Waals surface area contributed by atoms with Gasteiger partial charge in [-0.3, -0.25) is 19.9 Å². The van der Waals surface area contributed by atoms with Gasteiger partial charge >= 0.3 is 6.03 Å². The Balaban J connectivity index is 1.46. The summed E-state index contributed by atoms with van der Waals surface area (Å²) in [5, 5.41) is 3.47. The summed E-state index contributed by atoms with van der Waals surface area (Å²) in [5.74, 6) is -0.965. The van der Waals surface area contributed by atoms with Gasteiger partial charge in [-0.25, -0.2) is 4.79 Å². The van der Waals surface area contributed by atoms with Crippen LogP contribution in [-0.4, -0.2) is 34.3 Å². The van der Waals surface area contributed by atoms with Crippen molar-refractivity contribution in [3.63, 3.8) is 0 Å². The molecule has 168 valence electrons. The highest BCUT2D eigenvalue weighted by molar-refractivity contribution is 6.08. The second-order valence-corrected chi connectivity index (χ2v) is 8.21. The first-order chi connectivity index (χ1) is 16.0. The molecule has 0 bridgehead atoms. The molecule has 1 fully saturated rings. The van der Waals surface area contributed by atoms with Crippen LogP contribution in [0, 0.1) is 0 Å². The van der Waals surface area contributed by atoms with E-state index in [9.17, 15) is 14.4 Å². The molecule has 0 aliphatic carbocycles. The molecule has 1 unspecified atom stereocenters. The van der Waals surface area contributed by atoms with Crippen LogP contribution in [-0.2, 0) is 28.2 Å². The molecule has 0 aromatic heterocycles. The minimum atomic E-state index is -1.24. The third-order valence-electron chi connectivity index (χ3n) is 5.64. The van der Waals surface area contributed by atoms with Crippen molar-refractivity contribution >= 4 is 17.8 Å². The van der Waals surface area contributed by atoms with Crippen molar-refractivity contribution in [2.45, 2.75) is 25.6 Å². The molecule has 0 spiro atoms. The average molecular weight is 443 g/mol. The highest BCUT2D eigenvalue weighted by Crippen LogP contribution is 2.27. The molecule has 33 heavy (non-hydrogen) atoms. The van der Waals surface area contributed by atoms with Crippen LogP contribution in [0.2, 0.25) is 0 Å². The van der Waals surface area contributed by atoms with Gasteiger partial charge in [0.1, 0.15) is 5.54 Å². The number of rotatable bonds is 8. The second-order valence-electron chi connectivity index (χ2n) is 8.21. The molecule has 1 saturated heterocycles. The Kier molecular flexibility index (Phi) is 6.51. The summed E-state index contributed by atoms with van der Waals surface area (Å²) >= 11 is 0. The zero-order valence-electron chi connectivity index (χ0n) is 18.4. The summed E-state index contributed by atoms with van der Waals surface area (Å²) in [7, 11) is 0. The maximum absolute atomic E-state index is 13.1. The van der Waals surface area contributed by atoms with Crippen molar-refractivity contribution in [2.24, 2.45) is 0 Å². The number of nitrogens with one attached hydrogen (secondary N) is 2. The number of hydrogen-bond acceptors (Lipinski definition) is 4. The number of hydrazine groups is 1. The van der Waals surface area contributed by atoms with E-state index < -0.39 is 23.4 Å². The van der Waals surface area contributed by atoms with Gasteiger partial charge in [-0.2, -0.15) is 5.01 Å². The van der Waals surface area contributed by atoms with Crippen LogP contribution in [0.15, 0.2) is 91.0 Å². The molecule has 0 saturated carbocycles. The van der Waals surface area contributed by atoms with E-state index in [1.54, 1.807) is 31.2 Å². The summed E-state index contributed by atoms with van der Waals surface area (Å²) in [6.07, 6.45) is 0. The molecule has 1 aliphatic rings. The number of benzene rings is 3. The smallest absolute Gasteiger partial charge is 0.318 e. The maximum atomic E-state index is 13.1. The third kappa shape index (κ3) is 5.10. The van der Waals surface area contributed by atoms with Gasteiger partial charge in [-0.1, -0.05) is 91.0 Å². The van der Waals surface area contributed by atoms with E-state index in [1.807, 2.05) is 71.6 Å². The fraction of sp³-hybridized carbons (Fsp3) is 0.192. The van der Waals surface area contributed by atoms with Crippen LogP contribution in [0.3, 0.4) is 0 Å². The fourth-order valence-corrected chi connectivity index (χ4v) is 3.92. The number of urea groups is 1. The molecule has 2 N–H and O–H groups in total. The first-order valence-corrected chi connectivity index (χ1v) is 10.8. The van der Waals surface area contributed by atoms with Crippen LogP contribution in [0.4, 0.5) is 4.79 Å². The molecule has 7 nitrogen and oxygen atoms in total. The van der Waals surface area contributed by atoms with Gasteiger partial charge in [0.2, 0.25) is 0 Å². The second kappa shape index (κ2) is 9.67. The molecule has 0 radical (unpaired) electrons. The van der Waals surface area contributed by atoms with Crippen LogP contribution >= 0.6 is 0 Å². The highest BCUT2D eigenvalue weighted by Gasteiger charge is 2.50. The minimum Gasteiger partial charge on any atom is -0.318 e. The molecule has 1 aliphatic heterocycles. The number of hydrogen-bond donors (Lipinski definition) is 2. The Labute approximate surface area is 193 Å². The van der Waals surface area contributed by atoms with E-state index in [2.05, 4.69) is 10.7 Å². The lowest BCUT2D eigenvalue weighted by Crippen LogP contribution is -2.50. The maximum Gasteiger partial charge on any atom is 0.344 e. The van der Waals surface area contributed by atoms with Gasteiger partial charge in [-0.15, -0.1) is 0 Å². The lowest BCUT2D eigenvalue weighted by atomic mass is 9.92. The van der Waals surface area contributed by atoms with Gasteiger partial charge in [0.25, 0.3) is 11.8 Å². The summed E-state index contributed by atoms with van der Waals surface area (Å²) in [5.41, 5.74) is 4.03. The van der Waals surface area contributed by atoms with Crippen molar-refractivity contribution in [2.75, 3.05) is 6.54 Å². The Morgan fingerprint density at radius 1 is 0.848 bits per heavy atom. The predicted octanol–water partition coefficient (Wildman–Crippen LogP) is 3.19. The molecule has 3 aromatic rings. The monoisotopic (exact) mass is 442 g/mol. The summed E-state index contributed by atoms with van der Waals surface area (Å²) in [6.45, 7) is 2.74. The summed E-state index contributed by atoms with van der Waals surface area (Å²) in [6, 6.07) is 28.0. The van der Waals surface area contributed by atoms with E-state index in [4.69, 9.17) is 0 Å². The molecule has 4 amide bonds. The fourth-order valence-electron chi connectivity index (χ4n) is 3.92. The van der Waals surface area contributed by atoms with E-state index >= 15 is 0 Å². The normalized spacial score (nSPS) is 17.8. The summed E-state index contributed by atoms with van der Waals surface area (Å²) < 4.78 is 0. The molecular formula is C26H26N4O3. The van der Waals surface area contributed by atoms with E-state index in [0.29, 0.717) is 18.7 Å². The Morgan fingerprint density at radius 3 is 1.85 bits per heavy atom. The molecule has 1 heterocycles. The SMILES string of the molecule is CC1(c2ccccc2)NC(=O)N(NC(=O)CN(Cc2ccccc2)Cc2ccccc2)C1=O. The van der Waals surface area contributed by atoms with Crippen molar-refractivity contribution < 1.29 is 14.4 Å². The zero-order chi connectivity index (χ0) is 23.3. The standard InChI is InChI=1S/C26H26N4O3/c1-26(22-15-9-4-10-16-22)24(32)30(25(33)27-26)28-23(31)19-29(17-20-11-5-2-6-12-20)18-21-13-7-3-8-14-21/h2-16H,17-19H2,1H3,(H,27,33)(H,28,31). The topological polar surface area (TPSA) is 81.8 Å². The number of carbonyl (C=O) groups is 3. The Morgan fingerprint density at radius 2 is 1.33 bits per heavy atom. The first-order valence-electron chi connectivity index (χ1n) is 10.8. The molecule has 1 atom stereocenters. The van der Waals surface area contributed by atoms with E-state index in [1.165, 1.54) is 0 Å². The molecular weight excluding hydrogens is 416 g/mol. The third-order valence-corrected chi connectivity index (χ3v) is 5.64. The van der Waals surface area contributed by atoms with Crippen LogP contribution in [0.5, 0.6) is 0 Å². The van der Waals surface area contributed by atoms with Crippen LogP contribution < -0.4 is 10.7 Å². The average Bonchev–Trinajstić information content (AvgIpc) is 3.05. The lowest BCUT2D eigenvalue weighted by molar-refractivity contribution is -0.139. The number of carbonyl (C=O) groups excluding carboxylic acids is 3. The van der Waals surface area contributed by atoms with Crippen molar-refractivity contribution in [1.82, 2.24) is 20.7 Å². The van der Waals surface area contributed by atoms with Gasteiger partial charge in [0, 0.05) is 13.1 Å². The molecule has 3 aromatic carbocycles. The quantitative estimate of drug-likeness (QED) is 0.525. The lowest BCUT2D eigenvalue weighted by Gasteiger charge is -2.24. The number of amides is 4. The predicted molar refractivity (Wildman–Crippen MR) is 124 cm³/mol. The van der Waals surface area contributed by atoms with E-state index in [-0.39, 0.29) is 6.54 Å². The molecule has 4 rings (SSSR count). The zero-order valence-corrected chi connectivity index (χ0v) is 18.4. The van der Waals surface area contributed by atoms with E-state index in [0.717, 1.165) is 16.1 Å². The number of nitrogens with zero attached hydrogens (tertiary/aromatic N) is 2. The highest BCUT2D eigenvalue weighted by atomic mass is 16.2. The minimum absolute atomic E-state index is 0.0168. The van der Waals surface area contributed by atoms with Crippen LogP contribution in [0.1, 0.15) is 23.6 Å². The Hall–Kier alpha value is -3.97. The molecule has 7 heteroatoms. The van der Waals surface area contributed by atoms with Gasteiger partial charge in [0.15, 0.2) is 0 Å². The van der Waals surface area contributed by atoms with Crippen molar-refractivity contribution in [3.8, 4) is 0 Å². The van der Waals surface area contributed by atoms with Crippen molar-refractivity contribution in [1.29, 1.82) is 0 Å². The summed E-state index contributed by atoms with van der Waals surface area (Å²) in [4.78, 5) is 40.5. The largest absolute Gasteiger partial charge is 0.344 e. The van der Waals surface area contributed by atoms with Crippen LogP contribution in [0.25, 0.3) is 0 Å². The van der Waals surface area contributed by atoms with Gasteiger partial charge < -0.3 is 5.32 Å². The van der Waals surface area contributed by atoms with Gasteiger partial charge in [0.05, 0.1) is 6.54 Å². The van der Waals surface area contributed by atoms with Crippen molar-refractivity contribution in [3.05, 3.63) is 108 Å². The Bertz CT molecular complexity index is 1080.